The summed E-state index contributed by atoms with van der Waals surface area (Å²) in [5, 5.41) is 8.44. The fraction of sp³-hybridized carbons (Fsp3) is 0.200. The first-order valence-electron chi connectivity index (χ1n) is 6.76. The maximum atomic E-state index is 13.1. The molecule has 1 heterocycles. The lowest BCUT2D eigenvalue weighted by Crippen LogP contribution is -2.36. The molecule has 0 N–H and O–H groups in total. The average Bonchev–Trinajstić information content (AvgIpc) is 2.91. The van der Waals surface area contributed by atoms with Gasteiger partial charge in [0.25, 0.3) is 5.91 Å². The first-order chi connectivity index (χ1) is 12.0. The number of benzene rings is 1. The first-order valence-corrected chi connectivity index (χ1v) is 8.33. The number of amides is 2. The molecule has 0 aliphatic carbocycles. The van der Waals surface area contributed by atoms with E-state index in [4.69, 9.17) is 28.5 Å². The number of aryl methyl sites for hydroxylation is 1. The van der Waals surface area contributed by atoms with Gasteiger partial charge in [0.05, 0.1) is 32.4 Å². The summed E-state index contributed by atoms with van der Waals surface area (Å²) >= 11 is 12.5. The standard InChI is InChI=1S/C15H8Cl2F3N3O2S/c1-6-22-13(15(18,19)20)12(26-6)14(25)23(7(2)24)11-9(16)3-8(5-21)4-10(11)17/h3-4H,1-2H3. The Hall–Kier alpha value is -2.15. The second-order valence-corrected chi connectivity index (χ2v) is 6.99. The number of thiazole rings is 1. The van der Waals surface area contributed by atoms with Crippen LogP contribution < -0.4 is 4.90 Å². The highest BCUT2D eigenvalue weighted by Crippen LogP contribution is 2.39. The Labute approximate surface area is 159 Å². The highest BCUT2D eigenvalue weighted by atomic mass is 35.5. The van der Waals surface area contributed by atoms with Crippen molar-refractivity contribution in [3.8, 4) is 6.07 Å². The quantitative estimate of drug-likeness (QED) is 0.694. The normalized spacial score (nSPS) is 11.2. The summed E-state index contributed by atoms with van der Waals surface area (Å²) < 4.78 is 39.4. The number of imide groups is 1. The van der Waals surface area contributed by atoms with Gasteiger partial charge in [0.15, 0.2) is 5.69 Å². The van der Waals surface area contributed by atoms with E-state index in [1.807, 2.05) is 0 Å². The van der Waals surface area contributed by atoms with Gasteiger partial charge in [0.1, 0.15) is 4.88 Å². The third-order valence-corrected chi connectivity index (χ3v) is 4.62. The maximum absolute atomic E-state index is 13.1. The Kier molecular flexibility index (Phi) is 5.61. The largest absolute Gasteiger partial charge is 0.435 e. The van der Waals surface area contributed by atoms with E-state index >= 15 is 0 Å². The summed E-state index contributed by atoms with van der Waals surface area (Å²) in [4.78, 5) is 27.7. The molecule has 0 unspecified atom stereocenters. The molecule has 1 aromatic heterocycles. The fourth-order valence-corrected chi connectivity index (χ4v) is 3.64. The van der Waals surface area contributed by atoms with Gasteiger partial charge in [-0.25, -0.2) is 9.88 Å². The van der Waals surface area contributed by atoms with Crippen molar-refractivity contribution in [2.75, 3.05) is 4.90 Å². The maximum Gasteiger partial charge on any atom is 0.435 e. The third-order valence-electron chi connectivity index (χ3n) is 3.08. The monoisotopic (exact) mass is 421 g/mol. The van der Waals surface area contributed by atoms with Gasteiger partial charge in [0, 0.05) is 6.92 Å². The van der Waals surface area contributed by atoms with Gasteiger partial charge in [-0.3, -0.25) is 9.59 Å². The lowest BCUT2D eigenvalue weighted by Gasteiger charge is -2.21. The summed E-state index contributed by atoms with van der Waals surface area (Å²) in [5.74, 6) is -2.16. The van der Waals surface area contributed by atoms with E-state index < -0.39 is 28.6 Å². The van der Waals surface area contributed by atoms with Crippen LogP contribution in [0.2, 0.25) is 10.0 Å². The molecule has 0 radical (unpaired) electrons. The second kappa shape index (κ2) is 7.23. The van der Waals surface area contributed by atoms with Crippen LogP contribution in [0.15, 0.2) is 12.1 Å². The second-order valence-electron chi connectivity index (χ2n) is 4.97. The number of rotatable bonds is 2. The van der Waals surface area contributed by atoms with Gasteiger partial charge < -0.3 is 0 Å². The number of aromatic nitrogens is 1. The fourth-order valence-electron chi connectivity index (χ4n) is 2.11. The Morgan fingerprint density at radius 1 is 1.27 bits per heavy atom. The molecule has 0 saturated carbocycles. The van der Waals surface area contributed by atoms with Gasteiger partial charge >= 0.3 is 6.18 Å². The van der Waals surface area contributed by atoms with E-state index in [-0.39, 0.29) is 26.3 Å². The lowest BCUT2D eigenvalue weighted by molar-refractivity contribution is -0.141. The van der Waals surface area contributed by atoms with E-state index in [1.54, 1.807) is 6.07 Å². The first kappa shape index (κ1) is 20.2. The lowest BCUT2D eigenvalue weighted by atomic mass is 10.2. The highest BCUT2D eigenvalue weighted by molar-refractivity contribution is 7.14. The van der Waals surface area contributed by atoms with Crippen molar-refractivity contribution in [2.45, 2.75) is 20.0 Å². The SMILES string of the molecule is CC(=O)N(C(=O)c1sc(C)nc1C(F)(F)F)c1c(Cl)cc(C#N)cc1Cl. The van der Waals surface area contributed by atoms with Crippen LogP contribution in [-0.4, -0.2) is 16.8 Å². The van der Waals surface area contributed by atoms with E-state index in [0.29, 0.717) is 16.2 Å². The number of hydrogen-bond donors (Lipinski definition) is 0. The van der Waals surface area contributed by atoms with Crippen LogP contribution in [0, 0.1) is 18.3 Å². The van der Waals surface area contributed by atoms with E-state index in [9.17, 15) is 22.8 Å². The molecule has 0 aliphatic rings. The molecular formula is C15H8Cl2F3N3O2S. The van der Waals surface area contributed by atoms with Crippen molar-refractivity contribution < 1.29 is 22.8 Å². The Morgan fingerprint density at radius 3 is 2.23 bits per heavy atom. The summed E-state index contributed by atoms with van der Waals surface area (Å²) in [6.07, 6.45) is -4.88. The minimum atomic E-state index is -4.88. The number of carbonyl (C=O) groups excluding carboxylic acids is 2. The predicted octanol–water partition coefficient (Wildman–Crippen LogP) is 4.84. The molecule has 2 rings (SSSR count). The van der Waals surface area contributed by atoms with E-state index in [2.05, 4.69) is 4.98 Å². The molecule has 11 heteroatoms. The number of nitriles is 1. The summed E-state index contributed by atoms with van der Waals surface area (Å²) in [7, 11) is 0. The molecule has 1 aromatic carbocycles. The van der Waals surface area contributed by atoms with Crippen molar-refractivity contribution in [3.05, 3.63) is 43.3 Å². The number of alkyl halides is 3. The Morgan fingerprint density at radius 2 is 1.81 bits per heavy atom. The van der Waals surface area contributed by atoms with Gasteiger partial charge in [-0.2, -0.15) is 18.4 Å². The van der Waals surface area contributed by atoms with Crippen LogP contribution in [-0.2, 0) is 11.0 Å². The van der Waals surface area contributed by atoms with Crippen LogP contribution in [0.4, 0.5) is 18.9 Å². The van der Waals surface area contributed by atoms with Crippen LogP contribution in [0.3, 0.4) is 0 Å². The van der Waals surface area contributed by atoms with E-state index in [1.165, 1.54) is 6.92 Å². The Bertz CT molecular complexity index is 928. The molecule has 26 heavy (non-hydrogen) atoms. The summed E-state index contributed by atoms with van der Waals surface area (Å²) in [6.45, 7) is 2.28. The number of hydrogen-bond acceptors (Lipinski definition) is 5. The summed E-state index contributed by atoms with van der Waals surface area (Å²) in [6, 6.07) is 4.08. The summed E-state index contributed by atoms with van der Waals surface area (Å²) in [5.41, 5.74) is -1.63. The molecule has 0 atom stereocenters. The molecule has 136 valence electrons. The number of nitrogens with zero attached hydrogens (tertiary/aromatic N) is 3. The molecule has 0 fully saturated rings. The van der Waals surface area contributed by atoms with Crippen LogP contribution in [0.1, 0.15) is 32.9 Å². The van der Waals surface area contributed by atoms with Crippen LogP contribution in [0.25, 0.3) is 0 Å². The zero-order valence-electron chi connectivity index (χ0n) is 13.1. The number of anilines is 1. The van der Waals surface area contributed by atoms with Crippen molar-refractivity contribution in [3.63, 3.8) is 0 Å². The van der Waals surface area contributed by atoms with Crippen molar-refractivity contribution in [1.82, 2.24) is 4.98 Å². The zero-order valence-corrected chi connectivity index (χ0v) is 15.4. The topological polar surface area (TPSA) is 74.1 Å². The van der Waals surface area contributed by atoms with Crippen LogP contribution in [0.5, 0.6) is 0 Å². The van der Waals surface area contributed by atoms with Gasteiger partial charge in [-0.1, -0.05) is 23.2 Å². The third kappa shape index (κ3) is 3.82. The molecule has 0 aliphatic heterocycles. The smallest absolute Gasteiger partial charge is 0.274 e. The molecule has 0 saturated heterocycles. The molecule has 5 nitrogen and oxygen atoms in total. The van der Waals surface area contributed by atoms with Gasteiger partial charge in [-0.15, -0.1) is 11.3 Å². The molecule has 0 spiro atoms. The van der Waals surface area contributed by atoms with E-state index in [0.717, 1.165) is 19.1 Å². The molecule has 2 amide bonds. The molecular weight excluding hydrogens is 414 g/mol. The van der Waals surface area contributed by atoms with Gasteiger partial charge in [-0.05, 0) is 19.1 Å². The highest BCUT2D eigenvalue weighted by Gasteiger charge is 2.41. The Balaban J connectivity index is 2.66. The van der Waals surface area contributed by atoms with Crippen molar-refractivity contribution in [1.29, 1.82) is 5.26 Å². The minimum absolute atomic E-state index is 0.00111. The predicted molar refractivity (Wildman–Crippen MR) is 90.5 cm³/mol. The van der Waals surface area contributed by atoms with Crippen molar-refractivity contribution in [2.24, 2.45) is 0 Å². The van der Waals surface area contributed by atoms with Crippen LogP contribution >= 0.6 is 34.5 Å². The van der Waals surface area contributed by atoms with Crippen molar-refractivity contribution >= 4 is 52.0 Å². The molecule has 0 bridgehead atoms. The average molecular weight is 422 g/mol. The number of carbonyl (C=O) groups is 2. The minimum Gasteiger partial charge on any atom is -0.274 e. The van der Waals surface area contributed by atoms with Gasteiger partial charge in [0.2, 0.25) is 5.91 Å². The zero-order chi connectivity index (χ0) is 19.8. The molecule has 2 aromatic rings. The number of halogens is 5.